The Kier molecular flexibility index (Phi) is 3.88. The molecule has 0 spiro atoms. The molecule has 0 aliphatic rings. The molecule has 0 aromatic heterocycles. The van der Waals surface area contributed by atoms with Gasteiger partial charge in [0, 0.05) is 12.7 Å². The second-order valence-corrected chi connectivity index (χ2v) is 1.75. The monoisotopic (exact) mass is 147 g/mol. The lowest BCUT2D eigenvalue weighted by atomic mass is 10.5. The van der Waals surface area contributed by atoms with E-state index in [1.165, 1.54) is 6.20 Å². The summed E-state index contributed by atoms with van der Waals surface area (Å²) in [6, 6.07) is 0. The fraction of sp³-hybridized carbons (Fsp3) is 0.400. The van der Waals surface area contributed by atoms with Crippen molar-refractivity contribution >= 4 is 16.8 Å². The minimum atomic E-state index is 0.278. The van der Waals surface area contributed by atoms with E-state index in [1.807, 2.05) is 6.92 Å². The van der Waals surface area contributed by atoms with Crippen LogP contribution in [0.15, 0.2) is 16.9 Å². The predicted molar refractivity (Wildman–Crippen MR) is 40.3 cm³/mol. The molecule has 52 valence electrons. The first kappa shape index (κ1) is 8.30. The summed E-state index contributed by atoms with van der Waals surface area (Å²) in [6.45, 7) is 2.49. The van der Waals surface area contributed by atoms with Crippen molar-refractivity contribution in [1.29, 1.82) is 0 Å². The van der Waals surface area contributed by atoms with Gasteiger partial charge in [0.15, 0.2) is 0 Å². The lowest BCUT2D eigenvalue weighted by molar-refractivity contribution is 1.13. The van der Waals surface area contributed by atoms with Crippen LogP contribution < -0.4 is 11.5 Å². The van der Waals surface area contributed by atoms with E-state index in [-0.39, 0.29) is 5.17 Å². The summed E-state index contributed by atoms with van der Waals surface area (Å²) in [5.74, 6) is 0. The average molecular weight is 148 g/mol. The number of allylic oxidation sites excluding steroid dienone is 1. The van der Waals surface area contributed by atoms with E-state index in [0.717, 1.165) is 0 Å². The lowest BCUT2D eigenvalue weighted by Crippen LogP contribution is -2.08. The van der Waals surface area contributed by atoms with Crippen LogP contribution >= 0.6 is 11.6 Å². The van der Waals surface area contributed by atoms with Crippen LogP contribution in [0, 0.1) is 0 Å². The maximum Gasteiger partial charge on any atom is 0.148 e. The van der Waals surface area contributed by atoms with Gasteiger partial charge in [-0.3, -0.25) is 4.99 Å². The van der Waals surface area contributed by atoms with Gasteiger partial charge in [-0.25, -0.2) is 0 Å². The van der Waals surface area contributed by atoms with Crippen LogP contribution in [-0.2, 0) is 0 Å². The molecule has 0 unspecified atom stereocenters. The van der Waals surface area contributed by atoms with Crippen molar-refractivity contribution in [2.45, 2.75) is 6.92 Å². The van der Waals surface area contributed by atoms with Gasteiger partial charge in [-0.15, -0.1) is 0 Å². The molecule has 0 aliphatic heterocycles. The van der Waals surface area contributed by atoms with Crippen LogP contribution in [-0.4, -0.2) is 11.7 Å². The Morgan fingerprint density at radius 2 is 2.33 bits per heavy atom. The van der Waals surface area contributed by atoms with Crippen molar-refractivity contribution in [2.24, 2.45) is 16.5 Å². The Hall–Kier alpha value is -0.700. The van der Waals surface area contributed by atoms with Crippen LogP contribution in [0.3, 0.4) is 0 Å². The van der Waals surface area contributed by atoms with Gasteiger partial charge in [-0.05, 0) is 6.92 Å². The van der Waals surface area contributed by atoms with E-state index in [1.54, 1.807) is 0 Å². The lowest BCUT2D eigenvalue weighted by Gasteiger charge is -1.93. The van der Waals surface area contributed by atoms with E-state index < -0.39 is 0 Å². The molecule has 4 N–H and O–H groups in total. The van der Waals surface area contributed by atoms with Crippen LogP contribution in [0.25, 0.3) is 0 Å². The third kappa shape index (κ3) is 2.98. The molecule has 0 heterocycles. The molecule has 9 heavy (non-hydrogen) atoms. The number of aliphatic imine (C=N–C) groups is 1. The largest absolute Gasteiger partial charge is 0.403 e. The molecule has 0 atom stereocenters. The molecule has 0 radical (unpaired) electrons. The van der Waals surface area contributed by atoms with Crippen LogP contribution in [0.5, 0.6) is 0 Å². The number of hydrogen-bond donors (Lipinski definition) is 2. The van der Waals surface area contributed by atoms with Crippen molar-refractivity contribution in [3.05, 3.63) is 11.9 Å². The van der Waals surface area contributed by atoms with Gasteiger partial charge in [-0.1, -0.05) is 11.6 Å². The first-order valence-electron chi connectivity index (χ1n) is 2.60. The zero-order valence-electron chi connectivity index (χ0n) is 5.26. The Morgan fingerprint density at radius 3 is 2.67 bits per heavy atom. The minimum absolute atomic E-state index is 0.278. The van der Waals surface area contributed by atoms with E-state index in [4.69, 9.17) is 23.1 Å². The fourth-order valence-electron chi connectivity index (χ4n) is 0.299. The van der Waals surface area contributed by atoms with Gasteiger partial charge in [0.2, 0.25) is 0 Å². The van der Waals surface area contributed by atoms with Gasteiger partial charge in [-0.2, -0.15) is 0 Å². The molecule has 3 nitrogen and oxygen atoms in total. The minimum Gasteiger partial charge on any atom is -0.403 e. The highest BCUT2D eigenvalue weighted by molar-refractivity contribution is 6.69. The molecule has 0 fully saturated rings. The highest BCUT2D eigenvalue weighted by Crippen LogP contribution is 1.92. The Labute approximate surface area is 59.4 Å². The van der Waals surface area contributed by atoms with E-state index in [0.29, 0.717) is 12.2 Å². The zero-order chi connectivity index (χ0) is 7.28. The smallest absolute Gasteiger partial charge is 0.148 e. The van der Waals surface area contributed by atoms with Crippen LogP contribution in [0.2, 0.25) is 0 Å². The molecule has 0 amide bonds. The number of halogens is 1. The number of nitrogens with zero attached hydrogens (tertiary/aromatic N) is 1. The summed E-state index contributed by atoms with van der Waals surface area (Å²) < 4.78 is 0. The number of nitrogens with two attached hydrogens (primary N) is 2. The summed E-state index contributed by atoms with van der Waals surface area (Å²) in [4.78, 5) is 3.80. The summed E-state index contributed by atoms with van der Waals surface area (Å²) in [5.41, 5.74) is 10.6. The summed E-state index contributed by atoms with van der Waals surface area (Å²) in [6.07, 6.45) is 1.22. The van der Waals surface area contributed by atoms with Crippen LogP contribution in [0.1, 0.15) is 6.92 Å². The van der Waals surface area contributed by atoms with Crippen LogP contribution in [0.4, 0.5) is 0 Å². The molecule has 0 saturated heterocycles. The molecule has 0 rings (SSSR count). The maximum absolute atomic E-state index is 5.51. The first-order valence-corrected chi connectivity index (χ1v) is 2.97. The average Bonchev–Trinajstić information content (AvgIpc) is 1.87. The zero-order valence-corrected chi connectivity index (χ0v) is 6.02. The van der Waals surface area contributed by atoms with Crippen molar-refractivity contribution in [3.8, 4) is 0 Å². The summed E-state index contributed by atoms with van der Waals surface area (Å²) >= 11 is 5.51. The number of rotatable bonds is 2. The topological polar surface area (TPSA) is 64.4 Å². The summed E-state index contributed by atoms with van der Waals surface area (Å²) in [7, 11) is 0. The SMILES string of the molecule is CCN=C(Cl)C(N)=CN. The van der Waals surface area contributed by atoms with Gasteiger partial charge in [0.25, 0.3) is 0 Å². The van der Waals surface area contributed by atoms with Crippen molar-refractivity contribution < 1.29 is 0 Å². The molecule has 0 aliphatic carbocycles. The van der Waals surface area contributed by atoms with Crippen molar-refractivity contribution in [1.82, 2.24) is 0 Å². The van der Waals surface area contributed by atoms with E-state index in [2.05, 4.69) is 4.99 Å². The van der Waals surface area contributed by atoms with Crippen molar-refractivity contribution in [2.75, 3.05) is 6.54 Å². The molecule has 0 bridgehead atoms. The standard InChI is InChI=1S/C5H10ClN3/c1-2-9-5(6)4(8)3-7/h3H,2,7-8H2,1H3. The van der Waals surface area contributed by atoms with Gasteiger partial charge in [0.05, 0.1) is 5.70 Å². The Balaban J connectivity index is 4.03. The van der Waals surface area contributed by atoms with Gasteiger partial charge in [0.1, 0.15) is 5.17 Å². The normalized spacial score (nSPS) is 14.0. The van der Waals surface area contributed by atoms with E-state index in [9.17, 15) is 0 Å². The third-order valence-electron chi connectivity index (χ3n) is 0.715. The molecular weight excluding hydrogens is 138 g/mol. The Morgan fingerprint density at radius 1 is 1.78 bits per heavy atom. The molecule has 0 aromatic carbocycles. The molecular formula is C5H10ClN3. The first-order chi connectivity index (χ1) is 4.22. The maximum atomic E-state index is 5.51. The van der Waals surface area contributed by atoms with Gasteiger partial charge < -0.3 is 11.5 Å². The fourth-order valence-corrected chi connectivity index (χ4v) is 0.481. The van der Waals surface area contributed by atoms with Gasteiger partial charge >= 0.3 is 0 Å². The third-order valence-corrected chi connectivity index (χ3v) is 1.05. The highest BCUT2D eigenvalue weighted by Gasteiger charge is 1.93. The predicted octanol–water partition coefficient (Wildman–Crippen LogP) is 0.402. The van der Waals surface area contributed by atoms with Crippen molar-refractivity contribution in [3.63, 3.8) is 0 Å². The highest BCUT2D eigenvalue weighted by atomic mass is 35.5. The molecule has 4 heteroatoms. The Bertz CT molecular complexity index is 139. The summed E-state index contributed by atoms with van der Waals surface area (Å²) in [5, 5.41) is 0.278. The number of hydrogen-bond acceptors (Lipinski definition) is 3. The molecule has 0 saturated carbocycles. The molecule has 0 aromatic rings. The second kappa shape index (κ2) is 4.21. The quantitative estimate of drug-likeness (QED) is 0.556. The second-order valence-electron chi connectivity index (χ2n) is 1.39. The van der Waals surface area contributed by atoms with E-state index >= 15 is 0 Å².